The van der Waals surface area contributed by atoms with E-state index in [0.29, 0.717) is 11.7 Å². The molecule has 0 fully saturated rings. The summed E-state index contributed by atoms with van der Waals surface area (Å²) >= 11 is 1.41. The van der Waals surface area contributed by atoms with Crippen LogP contribution in [0.15, 0.2) is 0 Å². The summed E-state index contributed by atoms with van der Waals surface area (Å²) in [7, 11) is 0. The standard InChI is InChI=1S/C12H22N4OS/c1-5-9-15-16-11(18-9)14-10(17)8(7-13)6-12(2,3)4/h8H,5-7,13H2,1-4H3,(H,14,16,17). The molecule has 5 nitrogen and oxygen atoms in total. The zero-order valence-corrected chi connectivity index (χ0v) is 12.3. The van der Waals surface area contributed by atoms with Crippen molar-refractivity contribution in [3.8, 4) is 0 Å². The quantitative estimate of drug-likeness (QED) is 0.858. The maximum absolute atomic E-state index is 12.1. The summed E-state index contributed by atoms with van der Waals surface area (Å²) in [4.78, 5) is 12.1. The molecule has 6 heteroatoms. The van der Waals surface area contributed by atoms with Gasteiger partial charge in [0.25, 0.3) is 0 Å². The van der Waals surface area contributed by atoms with Gasteiger partial charge in [-0.15, -0.1) is 10.2 Å². The minimum atomic E-state index is -0.182. The highest BCUT2D eigenvalue weighted by atomic mass is 32.1. The van der Waals surface area contributed by atoms with Crippen molar-refractivity contribution >= 4 is 22.4 Å². The van der Waals surface area contributed by atoms with E-state index in [0.717, 1.165) is 17.8 Å². The number of aryl methyl sites for hydroxylation is 1. The van der Waals surface area contributed by atoms with Crippen molar-refractivity contribution in [1.29, 1.82) is 0 Å². The Balaban J connectivity index is 2.62. The predicted octanol–water partition coefficient (Wildman–Crippen LogP) is 2.05. The summed E-state index contributed by atoms with van der Waals surface area (Å²) in [5, 5.41) is 12.2. The van der Waals surface area contributed by atoms with E-state index in [1.54, 1.807) is 0 Å². The Bertz CT molecular complexity index is 397. The summed E-state index contributed by atoms with van der Waals surface area (Å²) in [6, 6.07) is 0. The molecule has 1 aromatic heterocycles. The molecule has 0 saturated carbocycles. The van der Waals surface area contributed by atoms with Gasteiger partial charge in [0.15, 0.2) is 0 Å². The zero-order valence-electron chi connectivity index (χ0n) is 11.5. The molecule has 1 unspecified atom stereocenters. The molecule has 0 bridgehead atoms. The Kier molecular flexibility index (Phi) is 5.22. The first kappa shape index (κ1) is 15.0. The van der Waals surface area contributed by atoms with Gasteiger partial charge in [0.1, 0.15) is 5.01 Å². The number of anilines is 1. The maximum Gasteiger partial charge on any atom is 0.230 e. The van der Waals surface area contributed by atoms with Gasteiger partial charge in [-0.2, -0.15) is 0 Å². The van der Waals surface area contributed by atoms with Crippen LogP contribution in [0.25, 0.3) is 0 Å². The van der Waals surface area contributed by atoms with Crippen LogP contribution in [0.3, 0.4) is 0 Å². The van der Waals surface area contributed by atoms with Crippen LogP contribution in [0.2, 0.25) is 0 Å². The minimum Gasteiger partial charge on any atom is -0.330 e. The van der Waals surface area contributed by atoms with E-state index >= 15 is 0 Å². The van der Waals surface area contributed by atoms with Gasteiger partial charge < -0.3 is 11.1 Å². The highest BCUT2D eigenvalue weighted by molar-refractivity contribution is 7.15. The van der Waals surface area contributed by atoms with E-state index in [4.69, 9.17) is 5.73 Å². The van der Waals surface area contributed by atoms with Crippen LogP contribution in [-0.4, -0.2) is 22.6 Å². The Hall–Kier alpha value is -1.01. The van der Waals surface area contributed by atoms with E-state index in [1.165, 1.54) is 11.3 Å². The number of carbonyl (C=O) groups excluding carboxylic acids is 1. The fourth-order valence-electron chi connectivity index (χ4n) is 1.68. The third-order valence-electron chi connectivity index (χ3n) is 2.51. The lowest BCUT2D eigenvalue weighted by Crippen LogP contribution is -2.32. The Morgan fingerprint density at radius 2 is 2.11 bits per heavy atom. The number of hydrogen-bond acceptors (Lipinski definition) is 5. The average molecular weight is 270 g/mol. The number of nitrogens with two attached hydrogens (primary N) is 1. The molecule has 102 valence electrons. The Morgan fingerprint density at radius 1 is 1.44 bits per heavy atom. The van der Waals surface area contributed by atoms with Gasteiger partial charge in [-0.3, -0.25) is 4.79 Å². The molecule has 0 aliphatic rings. The topological polar surface area (TPSA) is 80.9 Å². The summed E-state index contributed by atoms with van der Waals surface area (Å²) in [5.74, 6) is -0.245. The molecule has 1 heterocycles. The second-order valence-electron chi connectivity index (χ2n) is 5.54. The van der Waals surface area contributed by atoms with Gasteiger partial charge in [-0.05, 0) is 18.3 Å². The molecule has 0 spiro atoms. The van der Waals surface area contributed by atoms with Crippen molar-refractivity contribution in [2.45, 2.75) is 40.5 Å². The fraction of sp³-hybridized carbons (Fsp3) is 0.750. The number of hydrogen-bond donors (Lipinski definition) is 2. The number of nitrogens with one attached hydrogen (secondary N) is 1. The van der Waals surface area contributed by atoms with Gasteiger partial charge in [-0.25, -0.2) is 0 Å². The molecule has 1 rings (SSSR count). The van der Waals surface area contributed by atoms with E-state index in [2.05, 4.69) is 36.3 Å². The first-order chi connectivity index (χ1) is 8.35. The van der Waals surface area contributed by atoms with Crippen molar-refractivity contribution in [3.63, 3.8) is 0 Å². The minimum absolute atomic E-state index is 0.0637. The molecule has 1 aromatic rings. The Labute approximate surface area is 112 Å². The molecule has 0 aliphatic carbocycles. The molecule has 1 atom stereocenters. The average Bonchev–Trinajstić information content (AvgIpc) is 2.72. The monoisotopic (exact) mass is 270 g/mol. The molecule has 0 aliphatic heterocycles. The van der Waals surface area contributed by atoms with Gasteiger partial charge in [-0.1, -0.05) is 39.0 Å². The summed E-state index contributed by atoms with van der Waals surface area (Å²) in [5.41, 5.74) is 5.75. The second-order valence-corrected chi connectivity index (χ2v) is 6.60. The zero-order chi connectivity index (χ0) is 13.8. The van der Waals surface area contributed by atoms with Crippen LogP contribution in [-0.2, 0) is 11.2 Å². The molecular formula is C12H22N4OS. The van der Waals surface area contributed by atoms with Gasteiger partial charge in [0.05, 0.1) is 5.92 Å². The number of amides is 1. The largest absolute Gasteiger partial charge is 0.330 e. The fourth-order valence-corrected chi connectivity index (χ4v) is 2.36. The van der Waals surface area contributed by atoms with Crippen LogP contribution >= 0.6 is 11.3 Å². The highest BCUT2D eigenvalue weighted by Gasteiger charge is 2.24. The predicted molar refractivity (Wildman–Crippen MR) is 74.5 cm³/mol. The molecule has 3 N–H and O–H groups in total. The van der Waals surface area contributed by atoms with Gasteiger partial charge in [0.2, 0.25) is 11.0 Å². The van der Waals surface area contributed by atoms with Gasteiger partial charge >= 0.3 is 0 Å². The van der Waals surface area contributed by atoms with E-state index in [9.17, 15) is 4.79 Å². The molecule has 0 saturated heterocycles. The van der Waals surface area contributed by atoms with Crippen molar-refractivity contribution in [2.75, 3.05) is 11.9 Å². The number of nitrogens with zero attached hydrogens (tertiary/aromatic N) is 2. The first-order valence-corrected chi connectivity index (χ1v) is 7.00. The van der Waals surface area contributed by atoms with E-state index in [-0.39, 0.29) is 17.2 Å². The van der Waals surface area contributed by atoms with Crippen LogP contribution in [0.4, 0.5) is 5.13 Å². The molecule has 18 heavy (non-hydrogen) atoms. The summed E-state index contributed by atoms with van der Waals surface area (Å²) < 4.78 is 0. The molecule has 0 aromatic carbocycles. The maximum atomic E-state index is 12.1. The third kappa shape index (κ3) is 4.70. The van der Waals surface area contributed by atoms with E-state index < -0.39 is 0 Å². The highest BCUT2D eigenvalue weighted by Crippen LogP contribution is 2.25. The van der Waals surface area contributed by atoms with Crippen molar-refractivity contribution < 1.29 is 4.79 Å². The number of aromatic nitrogens is 2. The summed E-state index contributed by atoms with van der Waals surface area (Å²) in [6.07, 6.45) is 1.59. The third-order valence-corrected chi connectivity index (χ3v) is 3.50. The van der Waals surface area contributed by atoms with E-state index in [1.807, 2.05) is 6.92 Å². The number of rotatable bonds is 5. The lowest BCUT2D eigenvalue weighted by molar-refractivity contribution is -0.120. The second kappa shape index (κ2) is 6.24. The lowest BCUT2D eigenvalue weighted by atomic mass is 9.84. The normalized spacial score (nSPS) is 13.4. The molecular weight excluding hydrogens is 248 g/mol. The summed E-state index contributed by atoms with van der Waals surface area (Å²) in [6.45, 7) is 8.66. The molecule has 1 amide bonds. The van der Waals surface area contributed by atoms with Crippen LogP contribution in [0.5, 0.6) is 0 Å². The first-order valence-electron chi connectivity index (χ1n) is 6.19. The van der Waals surface area contributed by atoms with Crippen LogP contribution in [0, 0.1) is 11.3 Å². The number of carbonyl (C=O) groups is 1. The van der Waals surface area contributed by atoms with Crippen LogP contribution < -0.4 is 11.1 Å². The Morgan fingerprint density at radius 3 is 2.56 bits per heavy atom. The lowest BCUT2D eigenvalue weighted by Gasteiger charge is -2.23. The SMILES string of the molecule is CCc1nnc(NC(=O)C(CN)CC(C)(C)C)s1. The van der Waals surface area contributed by atoms with Crippen molar-refractivity contribution in [2.24, 2.45) is 17.1 Å². The van der Waals surface area contributed by atoms with Crippen LogP contribution in [0.1, 0.15) is 39.1 Å². The van der Waals surface area contributed by atoms with Gasteiger partial charge in [0, 0.05) is 6.54 Å². The van der Waals surface area contributed by atoms with Crippen molar-refractivity contribution in [1.82, 2.24) is 10.2 Å². The molecule has 0 radical (unpaired) electrons. The van der Waals surface area contributed by atoms with Crippen molar-refractivity contribution in [3.05, 3.63) is 5.01 Å². The smallest absolute Gasteiger partial charge is 0.230 e.